The second-order valence-electron chi connectivity index (χ2n) is 4.01. The summed E-state index contributed by atoms with van der Waals surface area (Å²) in [5.74, 6) is 0.140. The second-order valence-corrected chi connectivity index (χ2v) is 4.01. The minimum atomic E-state index is 0.0706. The molecule has 1 rings (SSSR count). The zero-order valence-corrected chi connectivity index (χ0v) is 9.12. The number of ketones is 1. The molecule has 0 atom stereocenters. The van der Waals surface area contributed by atoms with E-state index in [1.54, 1.807) is 11.8 Å². The number of carbonyl (C=O) groups excluding carboxylic acids is 2. The van der Waals surface area contributed by atoms with Gasteiger partial charge >= 0.3 is 6.03 Å². The van der Waals surface area contributed by atoms with Gasteiger partial charge < -0.3 is 9.80 Å². The standard InChI is InChI=1S/C10H18N2O2/c1-8(2)12-7-6-11(10(12)14)5-4-9(3)13/h8H,4-7H2,1-3H3. The van der Waals surface area contributed by atoms with Gasteiger partial charge in [0.2, 0.25) is 0 Å². The predicted molar refractivity (Wildman–Crippen MR) is 54.1 cm³/mol. The molecule has 0 spiro atoms. The van der Waals surface area contributed by atoms with Crippen molar-refractivity contribution in [1.29, 1.82) is 0 Å². The highest BCUT2D eigenvalue weighted by molar-refractivity contribution is 5.79. The van der Waals surface area contributed by atoms with E-state index in [0.29, 0.717) is 13.0 Å². The van der Waals surface area contributed by atoms with E-state index in [9.17, 15) is 9.59 Å². The summed E-state index contributed by atoms with van der Waals surface area (Å²) in [6.07, 6.45) is 0.470. The highest BCUT2D eigenvalue weighted by Crippen LogP contribution is 2.12. The predicted octanol–water partition coefficient (Wildman–Crippen LogP) is 1.11. The van der Waals surface area contributed by atoms with Crippen molar-refractivity contribution in [2.24, 2.45) is 0 Å². The van der Waals surface area contributed by atoms with Crippen molar-refractivity contribution in [1.82, 2.24) is 9.80 Å². The molecule has 0 aromatic carbocycles. The molecule has 1 saturated heterocycles. The van der Waals surface area contributed by atoms with Gasteiger partial charge in [-0.15, -0.1) is 0 Å². The minimum absolute atomic E-state index is 0.0706. The Balaban J connectivity index is 2.43. The topological polar surface area (TPSA) is 40.6 Å². The largest absolute Gasteiger partial charge is 0.322 e. The van der Waals surface area contributed by atoms with E-state index in [4.69, 9.17) is 0 Å². The van der Waals surface area contributed by atoms with Crippen molar-refractivity contribution in [3.8, 4) is 0 Å². The third kappa shape index (κ3) is 2.47. The molecule has 1 fully saturated rings. The summed E-state index contributed by atoms with van der Waals surface area (Å²) in [6, 6.07) is 0.325. The number of hydrogen-bond donors (Lipinski definition) is 0. The first-order chi connectivity index (χ1) is 6.52. The van der Waals surface area contributed by atoms with Gasteiger partial charge in [-0.2, -0.15) is 0 Å². The number of hydrogen-bond acceptors (Lipinski definition) is 2. The molecule has 0 N–H and O–H groups in total. The summed E-state index contributed by atoms with van der Waals surface area (Å²) < 4.78 is 0. The van der Waals surface area contributed by atoms with Crippen LogP contribution in [0, 0.1) is 0 Å². The number of amides is 2. The fourth-order valence-electron chi connectivity index (χ4n) is 1.58. The summed E-state index contributed by atoms with van der Waals surface area (Å²) in [4.78, 5) is 26.1. The van der Waals surface area contributed by atoms with Gasteiger partial charge in [-0.25, -0.2) is 4.79 Å². The molecular weight excluding hydrogens is 180 g/mol. The fraction of sp³-hybridized carbons (Fsp3) is 0.800. The quantitative estimate of drug-likeness (QED) is 0.679. The fourth-order valence-corrected chi connectivity index (χ4v) is 1.58. The Morgan fingerprint density at radius 2 is 2.07 bits per heavy atom. The summed E-state index contributed by atoms with van der Waals surface area (Å²) >= 11 is 0. The molecule has 80 valence electrons. The van der Waals surface area contributed by atoms with Crippen molar-refractivity contribution >= 4 is 11.8 Å². The SMILES string of the molecule is CC(=O)CCN1CCN(C(C)C)C1=O. The van der Waals surface area contributed by atoms with Crippen LogP contribution in [-0.4, -0.2) is 47.3 Å². The number of rotatable bonds is 4. The number of nitrogens with zero attached hydrogens (tertiary/aromatic N) is 2. The van der Waals surface area contributed by atoms with Crippen LogP contribution in [0.2, 0.25) is 0 Å². The van der Waals surface area contributed by atoms with Gasteiger partial charge in [-0.3, -0.25) is 4.79 Å². The van der Waals surface area contributed by atoms with Gasteiger partial charge in [0.25, 0.3) is 0 Å². The highest BCUT2D eigenvalue weighted by atomic mass is 16.2. The summed E-state index contributed by atoms with van der Waals surface area (Å²) in [7, 11) is 0. The van der Waals surface area contributed by atoms with Crippen LogP contribution < -0.4 is 0 Å². The van der Waals surface area contributed by atoms with Crippen LogP contribution in [0.5, 0.6) is 0 Å². The van der Waals surface area contributed by atoms with Gasteiger partial charge in [0.05, 0.1) is 0 Å². The van der Waals surface area contributed by atoms with Crippen LogP contribution in [0.25, 0.3) is 0 Å². The molecular formula is C10H18N2O2. The van der Waals surface area contributed by atoms with Gasteiger partial charge in [-0.05, 0) is 20.8 Å². The van der Waals surface area contributed by atoms with Crippen LogP contribution in [0.15, 0.2) is 0 Å². The number of Topliss-reactive ketones (excluding diaryl/α,β-unsaturated/α-hetero) is 1. The lowest BCUT2D eigenvalue weighted by Gasteiger charge is -2.21. The molecule has 1 aliphatic heterocycles. The first kappa shape index (κ1) is 11.0. The Kier molecular flexibility index (Phi) is 3.49. The molecule has 0 unspecified atom stereocenters. The number of carbonyl (C=O) groups is 2. The average molecular weight is 198 g/mol. The van der Waals surface area contributed by atoms with Crippen LogP contribution in [-0.2, 0) is 4.79 Å². The van der Waals surface area contributed by atoms with Gasteiger partial charge in [0.15, 0.2) is 0 Å². The van der Waals surface area contributed by atoms with Gasteiger partial charge in [-0.1, -0.05) is 0 Å². The molecule has 0 aromatic heterocycles. The van der Waals surface area contributed by atoms with Crippen molar-refractivity contribution in [2.75, 3.05) is 19.6 Å². The third-order valence-corrected chi connectivity index (χ3v) is 2.48. The van der Waals surface area contributed by atoms with Crippen molar-refractivity contribution in [2.45, 2.75) is 33.2 Å². The smallest absolute Gasteiger partial charge is 0.320 e. The Morgan fingerprint density at radius 3 is 2.50 bits per heavy atom. The van der Waals surface area contributed by atoms with E-state index < -0.39 is 0 Å². The van der Waals surface area contributed by atoms with Gasteiger partial charge in [0, 0.05) is 32.1 Å². The summed E-state index contributed by atoms with van der Waals surface area (Å²) in [5, 5.41) is 0. The lowest BCUT2D eigenvalue weighted by Crippen LogP contribution is -2.36. The molecule has 4 heteroatoms. The molecule has 2 amide bonds. The molecule has 1 aliphatic rings. The molecule has 0 saturated carbocycles. The summed E-state index contributed by atoms with van der Waals surface area (Å²) in [5.41, 5.74) is 0. The van der Waals surface area contributed by atoms with Crippen molar-refractivity contribution in [3.05, 3.63) is 0 Å². The first-order valence-corrected chi connectivity index (χ1v) is 5.07. The van der Waals surface area contributed by atoms with E-state index >= 15 is 0 Å². The monoisotopic (exact) mass is 198 g/mol. The Bertz CT molecular complexity index is 238. The lowest BCUT2D eigenvalue weighted by atomic mass is 10.3. The molecule has 4 nitrogen and oxygen atoms in total. The maximum absolute atomic E-state index is 11.7. The van der Waals surface area contributed by atoms with Crippen molar-refractivity contribution in [3.63, 3.8) is 0 Å². The third-order valence-electron chi connectivity index (χ3n) is 2.48. The average Bonchev–Trinajstić information content (AvgIpc) is 2.43. The molecule has 0 bridgehead atoms. The Labute approximate surface area is 84.9 Å². The zero-order valence-electron chi connectivity index (χ0n) is 9.12. The van der Waals surface area contributed by atoms with Crippen LogP contribution in [0.4, 0.5) is 4.79 Å². The zero-order chi connectivity index (χ0) is 10.7. The van der Waals surface area contributed by atoms with Crippen molar-refractivity contribution < 1.29 is 9.59 Å². The normalized spacial score (nSPS) is 17.0. The van der Waals surface area contributed by atoms with E-state index in [-0.39, 0.29) is 17.9 Å². The van der Waals surface area contributed by atoms with Crippen LogP contribution >= 0.6 is 0 Å². The summed E-state index contributed by atoms with van der Waals surface area (Å²) in [6.45, 7) is 7.68. The highest BCUT2D eigenvalue weighted by Gasteiger charge is 2.29. The minimum Gasteiger partial charge on any atom is -0.322 e. The van der Waals surface area contributed by atoms with E-state index in [1.807, 2.05) is 18.7 Å². The number of urea groups is 1. The maximum atomic E-state index is 11.7. The molecule has 1 heterocycles. The maximum Gasteiger partial charge on any atom is 0.320 e. The Hall–Kier alpha value is -1.06. The second kappa shape index (κ2) is 4.44. The van der Waals surface area contributed by atoms with E-state index in [2.05, 4.69) is 0 Å². The molecule has 0 aliphatic carbocycles. The van der Waals surface area contributed by atoms with Crippen LogP contribution in [0.3, 0.4) is 0 Å². The van der Waals surface area contributed by atoms with E-state index in [0.717, 1.165) is 13.1 Å². The first-order valence-electron chi connectivity index (χ1n) is 5.07. The molecule has 0 radical (unpaired) electrons. The molecule has 0 aromatic rings. The lowest BCUT2D eigenvalue weighted by molar-refractivity contribution is -0.117. The van der Waals surface area contributed by atoms with Gasteiger partial charge in [0.1, 0.15) is 5.78 Å². The Morgan fingerprint density at radius 1 is 1.43 bits per heavy atom. The van der Waals surface area contributed by atoms with Crippen LogP contribution in [0.1, 0.15) is 27.2 Å². The van der Waals surface area contributed by atoms with E-state index in [1.165, 1.54) is 0 Å². The molecule has 14 heavy (non-hydrogen) atoms.